The molecule has 120 valence electrons. The molecule has 1 aromatic rings. The number of ether oxygens (including phenoxy) is 2. The van der Waals surface area contributed by atoms with E-state index in [1.165, 1.54) is 7.11 Å². The van der Waals surface area contributed by atoms with Crippen molar-refractivity contribution in [2.75, 3.05) is 13.7 Å². The molecule has 0 heterocycles. The summed E-state index contributed by atoms with van der Waals surface area (Å²) in [6.45, 7) is 7.38. The average Bonchev–Trinajstić information content (AvgIpc) is 2.37. The van der Waals surface area contributed by atoms with Crippen molar-refractivity contribution in [2.24, 2.45) is 11.3 Å². The maximum Gasteiger partial charge on any atom is 0.387 e. The van der Waals surface area contributed by atoms with Gasteiger partial charge in [0.25, 0.3) is 0 Å². The number of alkyl halides is 2. The van der Waals surface area contributed by atoms with Gasteiger partial charge >= 0.3 is 6.61 Å². The van der Waals surface area contributed by atoms with Crippen LogP contribution in [0, 0.1) is 11.3 Å². The van der Waals surface area contributed by atoms with Gasteiger partial charge in [0.05, 0.1) is 7.11 Å². The maximum atomic E-state index is 12.4. The first-order chi connectivity index (χ1) is 9.74. The molecule has 5 heteroatoms. The van der Waals surface area contributed by atoms with Gasteiger partial charge in [0.15, 0.2) is 11.5 Å². The molecule has 0 bridgehead atoms. The zero-order valence-electron chi connectivity index (χ0n) is 13.4. The van der Waals surface area contributed by atoms with Crippen LogP contribution < -0.4 is 14.8 Å². The van der Waals surface area contributed by atoms with Crippen LogP contribution in [0.15, 0.2) is 18.2 Å². The second kappa shape index (κ2) is 7.59. The number of halogens is 2. The summed E-state index contributed by atoms with van der Waals surface area (Å²) >= 11 is 0. The van der Waals surface area contributed by atoms with Crippen LogP contribution in [0.3, 0.4) is 0 Å². The van der Waals surface area contributed by atoms with Crippen LogP contribution in [-0.4, -0.2) is 20.3 Å². The van der Waals surface area contributed by atoms with Crippen molar-refractivity contribution in [3.8, 4) is 11.5 Å². The van der Waals surface area contributed by atoms with Gasteiger partial charge in [0.1, 0.15) is 0 Å². The molecule has 0 radical (unpaired) electrons. The molecule has 0 spiro atoms. The van der Waals surface area contributed by atoms with E-state index in [2.05, 4.69) is 37.7 Å². The largest absolute Gasteiger partial charge is 0.493 e. The molecule has 0 aliphatic heterocycles. The third-order valence-corrected chi connectivity index (χ3v) is 3.70. The van der Waals surface area contributed by atoms with Gasteiger partial charge in [0, 0.05) is 6.54 Å². The molecule has 0 saturated heterocycles. The van der Waals surface area contributed by atoms with Crippen molar-refractivity contribution < 1.29 is 18.3 Å². The molecule has 0 aliphatic rings. The lowest BCUT2D eigenvalue weighted by Gasteiger charge is -2.27. The molecule has 0 aromatic heterocycles. The molecular formula is C16H25F2NO2. The molecule has 1 atom stereocenters. The lowest BCUT2D eigenvalue weighted by atomic mass is 9.82. The predicted molar refractivity (Wildman–Crippen MR) is 80.0 cm³/mol. The minimum Gasteiger partial charge on any atom is -0.493 e. The molecule has 0 saturated carbocycles. The lowest BCUT2D eigenvalue weighted by molar-refractivity contribution is -0.0512. The fraction of sp³-hybridized carbons (Fsp3) is 0.625. The zero-order chi connectivity index (χ0) is 16.0. The van der Waals surface area contributed by atoms with E-state index in [1.54, 1.807) is 12.1 Å². The fourth-order valence-electron chi connectivity index (χ4n) is 1.76. The highest BCUT2D eigenvalue weighted by Gasteiger charge is 2.19. The van der Waals surface area contributed by atoms with E-state index in [-0.39, 0.29) is 11.2 Å². The summed E-state index contributed by atoms with van der Waals surface area (Å²) in [5, 5.41) is 3.34. The summed E-state index contributed by atoms with van der Waals surface area (Å²) in [6.07, 6.45) is 0. The smallest absolute Gasteiger partial charge is 0.387 e. The summed E-state index contributed by atoms with van der Waals surface area (Å²) in [7, 11) is 1.43. The van der Waals surface area contributed by atoms with Crippen molar-refractivity contribution in [3.05, 3.63) is 23.8 Å². The van der Waals surface area contributed by atoms with Crippen LogP contribution in [0.2, 0.25) is 0 Å². The Morgan fingerprint density at radius 3 is 2.38 bits per heavy atom. The van der Waals surface area contributed by atoms with Gasteiger partial charge in [-0.2, -0.15) is 8.78 Å². The van der Waals surface area contributed by atoms with E-state index in [0.717, 1.165) is 12.1 Å². The van der Waals surface area contributed by atoms with E-state index in [4.69, 9.17) is 4.74 Å². The highest BCUT2D eigenvalue weighted by atomic mass is 19.3. The molecule has 1 unspecified atom stereocenters. The molecule has 3 nitrogen and oxygen atoms in total. The number of hydrogen-bond acceptors (Lipinski definition) is 3. The summed E-state index contributed by atoms with van der Waals surface area (Å²) in [6, 6.07) is 5.06. The van der Waals surface area contributed by atoms with Crippen molar-refractivity contribution >= 4 is 0 Å². The van der Waals surface area contributed by atoms with E-state index < -0.39 is 6.61 Å². The topological polar surface area (TPSA) is 30.5 Å². The van der Waals surface area contributed by atoms with Crippen LogP contribution in [0.4, 0.5) is 8.78 Å². The van der Waals surface area contributed by atoms with E-state index in [0.29, 0.717) is 18.2 Å². The number of nitrogens with one attached hydrogen (secondary N) is 1. The molecule has 1 rings (SSSR count). The standard InChI is InChI=1S/C16H25F2NO2/c1-11(16(2,3)4)9-19-10-12-6-7-13(20-5)14(8-12)21-15(17)18/h6-8,11,15,19H,9-10H2,1-5H3. The Balaban J connectivity index is 2.63. The van der Waals surface area contributed by atoms with Crippen molar-refractivity contribution in [1.29, 1.82) is 0 Å². The van der Waals surface area contributed by atoms with Crippen molar-refractivity contribution in [1.82, 2.24) is 5.32 Å². The third-order valence-electron chi connectivity index (χ3n) is 3.70. The Hall–Kier alpha value is -1.36. The summed E-state index contributed by atoms with van der Waals surface area (Å²) < 4.78 is 34.2. The van der Waals surface area contributed by atoms with Crippen LogP contribution in [-0.2, 0) is 6.54 Å². The lowest BCUT2D eigenvalue weighted by Crippen LogP contribution is -2.29. The second-order valence-electron chi connectivity index (χ2n) is 6.26. The van der Waals surface area contributed by atoms with Crippen LogP contribution in [0.25, 0.3) is 0 Å². The SMILES string of the molecule is COc1ccc(CNCC(C)C(C)(C)C)cc1OC(F)F. The molecule has 1 aromatic carbocycles. The molecule has 0 fully saturated rings. The van der Waals surface area contributed by atoms with Gasteiger partial charge in [-0.3, -0.25) is 0 Å². The Bertz CT molecular complexity index is 444. The quantitative estimate of drug-likeness (QED) is 0.823. The molecule has 0 amide bonds. The first kappa shape index (κ1) is 17.7. The van der Waals surface area contributed by atoms with Crippen molar-refractivity contribution in [2.45, 2.75) is 40.9 Å². The molecular weight excluding hydrogens is 276 g/mol. The second-order valence-corrected chi connectivity index (χ2v) is 6.26. The number of benzene rings is 1. The van der Waals surface area contributed by atoms with Crippen LogP contribution in [0.1, 0.15) is 33.3 Å². The van der Waals surface area contributed by atoms with Gasteiger partial charge in [0.2, 0.25) is 0 Å². The molecule has 21 heavy (non-hydrogen) atoms. The van der Waals surface area contributed by atoms with Gasteiger partial charge in [-0.15, -0.1) is 0 Å². The van der Waals surface area contributed by atoms with Crippen LogP contribution >= 0.6 is 0 Å². The van der Waals surface area contributed by atoms with E-state index in [9.17, 15) is 8.78 Å². The van der Waals surface area contributed by atoms with Gasteiger partial charge in [-0.25, -0.2) is 0 Å². The fourth-order valence-corrected chi connectivity index (χ4v) is 1.76. The Morgan fingerprint density at radius 2 is 1.86 bits per heavy atom. The number of hydrogen-bond donors (Lipinski definition) is 1. The Kier molecular flexibility index (Phi) is 6.40. The maximum absolute atomic E-state index is 12.4. The highest BCUT2D eigenvalue weighted by molar-refractivity contribution is 5.42. The third kappa shape index (κ3) is 5.87. The minimum absolute atomic E-state index is 0.0654. The minimum atomic E-state index is -2.86. The molecule has 1 N–H and O–H groups in total. The Morgan fingerprint density at radius 1 is 1.19 bits per heavy atom. The summed E-state index contributed by atoms with van der Waals surface area (Å²) in [5.74, 6) is 0.880. The molecule has 0 aliphatic carbocycles. The monoisotopic (exact) mass is 301 g/mol. The first-order valence-corrected chi connectivity index (χ1v) is 7.06. The zero-order valence-corrected chi connectivity index (χ0v) is 13.4. The Labute approximate surface area is 125 Å². The first-order valence-electron chi connectivity index (χ1n) is 7.06. The van der Waals surface area contributed by atoms with Gasteiger partial charge in [-0.1, -0.05) is 33.8 Å². The average molecular weight is 301 g/mol. The predicted octanol–water partition coefficient (Wildman–Crippen LogP) is 4.07. The van der Waals surface area contributed by atoms with E-state index in [1.807, 2.05) is 6.07 Å². The highest BCUT2D eigenvalue weighted by Crippen LogP contribution is 2.29. The van der Waals surface area contributed by atoms with Gasteiger partial charge < -0.3 is 14.8 Å². The van der Waals surface area contributed by atoms with Crippen molar-refractivity contribution in [3.63, 3.8) is 0 Å². The summed E-state index contributed by atoms with van der Waals surface area (Å²) in [4.78, 5) is 0. The van der Waals surface area contributed by atoms with Gasteiger partial charge in [-0.05, 0) is 35.6 Å². The number of rotatable bonds is 7. The summed E-state index contributed by atoms with van der Waals surface area (Å²) in [5.41, 5.74) is 1.11. The van der Waals surface area contributed by atoms with Crippen LogP contribution in [0.5, 0.6) is 11.5 Å². The van der Waals surface area contributed by atoms with E-state index >= 15 is 0 Å². The normalized spacial score (nSPS) is 13.3. The number of methoxy groups -OCH3 is 1.